The number of hydrogen-bond donors (Lipinski definition) is 0. The second kappa shape index (κ2) is 7.54. The molecule has 0 aromatic heterocycles. The van der Waals surface area contributed by atoms with Crippen molar-refractivity contribution < 1.29 is 14.3 Å². The van der Waals surface area contributed by atoms with E-state index in [1.165, 1.54) is 37.7 Å². The Bertz CT molecular complexity index is 696. The van der Waals surface area contributed by atoms with Crippen molar-refractivity contribution in [1.29, 1.82) is 0 Å². The highest BCUT2D eigenvalue weighted by Crippen LogP contribution is 2.67. The van der Waals surface area contributed by atoms with Crippen LogP contribution in [0.5, 0.6) is 0 Å². The molecule has 8 atom stereocenters. The van der Waals surface area contributed by atoms with Gasteiger partial charge in [0, 0.05) is 6.42 Å². The first kappa shape index (κ1) is 21.1. The zero-order valence-corrected chi connectivity index (χ0v) is 19.0. The molecule has 0 radical (unpaired) electrons. The van der Waals surface area contributed by atoms with Gasteiger partial charge >= 0.3 is 5.97 Å². The number of fused-ring (bicyclic) bond motifs is 5. The quantitative estimate of drug-likeness (QED) is 0.333. The van der Waals surface area contributed by atoms with Crippen LogP contribution in [0.25, 0.3) is 0 Å². The lowest BCUT2D eigenvalue weighted by molar-refractivity contribution is -0.151. The summed E-state index contributed by atoms with van der Waals surface area (Å²) in [7, 11) is 0. The lowest BCUT2D eigenvalue weighted by Gasteiger charge is -2.59. The Morgan fingerprint density at radius 2 is 1.72 bits per heavy atom. The van der Waals surface area contributed by atoms with Gasteiger partial charge in [-0.1, -0.05) is 26.0 Å². The molecule has 0 spiro atoms. The molecule has 4 rings (SSSR count). The summed E-state index contributed by atoms with van der Waals surface area (Å²) in [4.78, 5) is 25.3. The zero-order valence-electron chi connectivity index (χ0n) is 19.0. The van der Waals surface area contributed by atoms with E-state index in [-0.39, 0.29) is 17.2 Å². The monoisotopic (exact) mass is 400 g/mol. The van der Waals surface area contributed by atoms with Gasteiger partial charge in [0.2, 0.25) is 0 Å². The van der Waals surface area contributed by atoms with E-state index in [1.54, 1.807) is 0 Å². The van der Waals surface area contributed by atoms with E-state index in [9.17, 15) is 9.59 Å². The normalized spacial score (nSPS) is 46.8. The van der Waals surface area contributed by atoms with Gasteiger partial charge in [-0.15, -0.1) is 0 Å². The van der Waals surface area contributed by atoms with Crippen LogP contribution in [0.3, 0.4) is 0 Å². The summed E-state index contributed by atoms with van der Waals surface area (Å²) in [6.45, 7) is 13.8. The molecule has 29 heavy (non-hydrogen) atoms. The lowest BCUT2D eigenvalue weighted by atomic mass is 9.46. The Hall–Kier alpha value is -1.12. The average Bonchev–Trinajstić information content (AvgIpc) is 2.95. The second-order valence-electron chi connectivity index (χ2n) is 11.2. The highest BCUT2D eigenvalue weighted by Gasteiger charge is 2.60. The Morgan fingerprint density at radius 1 is 1.03 bits per heavy atom. The third kappa shape index (κ3) is 3.22. The van der Waals surface area contributed by atoms with Crippen molar-refractivity contribution in [3.05, 3.63) is 12.2 Å². The highest BCUT2D eigenvalue weighted by atomic mass is 16.5. The fourth-order valence-electron chi connectivity index (χ4n) is 8.56. The molecular formula is C26H40O3. The number of ketones is 1. The van der Waals surface area contributed by atoms with E-state index in [0.717, 1.165) is 24.7 Å². The predicted molar refractivity (Wildman–Crippen MR) is 115 cm³/mol. The number of allylic oxidation sites excluding steroid dienone is 1. The van der Waals surface area contributed by atoms with E-state index in [4.69, 9.17) is 4.74 Å². The van der Waals surface area contributed by atoms with E-state index in [1.807, 2.05) is 6.92 Å². The minimum absolute atomic E-state index is 0.138. The van der Waals surface area contributed by atoms with Crippen LogP contribution < -0.4 is 0 Å². The van der Waals surface area contributed by atoms with Gasteiger partial charge in [-0.2, -0.15) is 0 Å². The molecule has 3 nitrogen and oxygen atoms in total. The summed E-state index contributed by atoms with van der Waals surface area (Å²) >= 11 is 0. The Labute approximate surface area is 177 Å². The molecule has 0 amide bonds. The van der Waals surface area contributed by atoms with Gasteiger partial charge in [-0.05, 0) is 106 Å². The van der Waals surface area contributed by atoms with Gasteiger partial charge in [0.05, 0.1) is 6.61 Å². The molecule has 0 saturated heterocycles. The van der Waals surface area contributed by atoms with Crippen LogP contribution in [0.4, 0.5) is 0 Å². The lowest BCUT2D eigenvalue weighted by Crippen LogP contribution is -2.51. The maximum Gasteiger partial charge on any atom is 0.316 e. The minimum atomic E-state index is -0.524. The molecule has 0 aliphatic heterocycles. The maximum absolute atomic E-state index is 12.9. The molecule has 3 heteroatoms. The molecule has 0 heterocycles. The topological polar surface area (TPSA) is 43.4 Å². The summed E-state index contributed by atoms with van der Waals surface area (Å²) in [5.74, 6) is 2.75. The Kier molecular flexibility index (Phi) is 5.49. The van der Waals surface area contributed by atoms with Crippen LogP contribution in [0.15, 0.2) is 12.2 Å². The van der Waals surface area contributed by atoms with E-state index >= 15 is 0 Å². The maximum atomic E-state index is 12.9. The smallest absolute Gasteiger partial charge is 0.316 e. The van der Waals surface area contributed by atoms with Crippen molar-refractivity contribution in [3.63, 3.8) is 0 Å². The molecule has 0 N–H and O–H groups in total. The fraction of sp³-hybridized carbons (Fsp3) is 0.846. The van der Waals surface area contributed by atoms with Crippen LogP contribution in [0.2, 0.25) is 0 Å². The standard InChI is InChI=1S/C26H40O3/c1-6-29-24(28)19-11-13-25(4)17(15-23(19)27)7-8-18-21-10-9-20(16(2)3)26(21,5)14-12-22(18)25/h17-22H,2,6-15H2,1,3-5H3/t17-,18?,19?,20+,21-,22-,25-,26+/m0/s1. The summed E-state index contributed by atoms with van der Waals surface area (Å²) < 4.78 is 5.24. The largest absolute Gasteiger partial charge is 0.465 e. The highest BCUT2D eigenvalue weighted by molar-refractivity contribution is 5.99. The molecule has 2 unspecified atom stereocenters. The molecule has 162 valence electrons. The van der Waals surface area contributed by atoms with Gasteiger partial charge < -0.3 is 4.74 Å². The van der Waals surface area contributed by atoms with Crippen molar-refractivity contribution in [3.8, 4) is 0 Å². The molecular weight excluding hydrogens is 360 g/mol. The van der Waals surface area contributed by atoms with Gasteiger partial charge in [0.15, 0.2) is 0 Å². The summed E-state index contributed by atoms with van der Waals surface area (Å²) in [6, 6.07) is 0. The number of esters is 1. The molecule has 4 aliphatic carbocycles. The summed E-state index contributed by atoms with van der Waals surface area (Å²) in [6.07, 6.45) is 9.93. The number of Topliss-reactive ketones (excluding diaryl/α,β-unsaturated/α-hetero) is 1. The number of ether oxygens (including phenoxy) is 1. The van der Waals surface area contributed by atoms with Crippen molar-refractivity contribution in [2.45, 2.75) is 85.5 Å². The molecule has 0 aromatic carbocycles. The summed E-state index contributed by atoms with van der Waals surface area (Å²) in [5.41, 5.74) is 2.00. The predicted octanol–water partition coefficient (Wildman–Crippen LogP) is 5.97. The minimum Gasteiger partial charge on any atom is -0.465 e. The Balaban J connectivity index is 1.58. The number of carbonyl (C=O) groups excluding carboxylic acids is 2. The third-order valence-electron chi connectivity index (χ3n) is 10.0. The van der Waals surface area contributed by atoms with Crippen LogP contribution >= 0.6 is 0 Å². The SMILES string of the molecule is C=C(C)[C@H]1CC[C@H]2C3CC[C@H]4CC(=O)C(C(=O)OCC)CC[C@]4(C)[C@H]3CC[C@]12C. The number of hydrogen-bond acceptors (Lipinski definition) is 3. The second-order valence-corrected chi connectivity index (χ2v) is 11.2. The molecule has 4 aliphatic rings. The van der Waals surface area contributed by atoms with Gasteiger partial charge in [0.1, 0.15) is 11.7 Å². The van der Waals surface area contributed by atoms with Crippen molar-refractivity contribution >= 4 is 11.8 Å². The molecule has 0 bridgehead atoms. The number of rotatable bonds is 3. The summed E-state index contributed by atoms with van der Waals surface area (Å²) in [5, 5.41) is 0. The van der Waals surface area contributed by atoms with E-state index in [0.29, 0.717) is 42.6 Å². The van der Waals surface area contributed by atoms with Gasteiger partial charge in [-0.3, -0.25) is 9.59 Å². The average molecular weight is 401 g/mol. The van der Waals surface area contributed by atoms with Crippen LogP contribution in [0.1, 0.15) is 85.5 Å². The van der Waals surface area contributed by atoms with Gasteiger partial charge in [0.25, 0.3) is 0 Å². The van der Waals surface area contributed by atoms with Crippen molar-refractivity contribution in [2.75, 3.05) is 6.61 Å². The Morgan fingerprint density at radius 3 is 2.41 bits per heavy atom. The van der Waals surface area contributed by atoms with Crippen LogP contribution in [-0.2, 0) is 14.3 Å². The molecule has 4 saturated carbocycles. The zero-order chi connectivity index (χ0) is 21.0. The van der Waals surface area contributed by atoms with Crippen molar-refractivity contribution in [1.82, 2.24) is 0 Å². The fourth-order valence-corrected chi connectivity index (χ4v) is 8.56. The first-order chi connectivity index (χ1) is 13.7. The van der Waals surface area contributed by atoms with E-state index in [2.05, 4.69) is 27.4 Å². The van der Waals surface area contributed by atoms with Crippen LogP contribution in [-0.4, -0.2) is 18.4 Å². The number of carbonyl (C=O) groups is 2. The third-order valence-corrected chi connectivity index (χ3v) is 10.0. The molecule has 4 fully saturated rings. The van der Waals surface area contributed by atoms with Crippen LogP contribution in [0, 0.1) is 46.3 Å². The van der Waals surface area contributed by atoms with E-state index < -0.39 is 5.92 Å². The first-order valence-electron chi connectivity index (χ1n) is 12.1. The molecule has 0 aromatic rings. The van der Waals surface area contributed by atoms with Gasteiger partial charge in [-0.25, -0.2) is 0 Å². The van der Waals surface area contributed by atoms with Crippen molar-refractivity contribution in [2.24, 2.45) is 46.3 Å². The first-order valence-corrected chi connectivity index (χ1v) is 12.1.